The van der Waals surface area contributed by atoms with Crippen molar-refractivity contribution in [1.29, 1.82) is 0 Å². The maximum absolute atomic E-state index is 11.7. The molecule has 140 valence electrons. The van der Waals surface area contributed by atoms with Crippen LogP contribution in [-0.2, 0) is 25.5 Å². The van der Waals surface area contributed by atoms with Crippen LogP contribution >= 0.6 is 15.9 Å². The molecular weight excluding hydrogens is 410 g/mol. The van der Waals surface area contributed by atoms with Gasteiger partial charge in [0.15, 0.2) is 0 Å². The van der Waals surface area contributed by atoms with Crippen LogP contribution in [0.15, 0.2) is 28.7 Å². The summed E-state index contributed by atoms with van der Waals surface area (Å²) >= 11 is 3.43. The molecule has 1 amide bonds. The average Bonchev–Trinajstić information content (AvgIpc) is 2.75. The number of amides is 1. The minimum atomic E-state index is -3.57. The highest BCUT2D eigenvalue weighted by Crippen LogP contribution is 2.24. The van der Waals surface area contributed by atoms with E-state index in [1.807, 2.05) is 38.1 Å². The lowest BCUT2D eigenvalue weighted by Crippen LogP contribution is -2.36. The van der Waals surface area contributed by atoms with E-state index >= 15 is 0 Å². The maximum Gasteiger partial charge on any atom is 0.407 e. The van der Waals surface area contributed by atoms with E-state index in [1.165, 1.54) is 0 Å². The molecule has 0 saturated carbocycles. The highest BCUT2D eigenvalue weighted by molar-refractivity contribution is 9.10. The first kappa shape index (κ1) is 20.2. The van der Waals surface area contributed by atoms with Crippen molar-refractivity contribution in [2.45, 2.75) is 51.4 Å². The average molecular weight is 434 g/mol. The zero-order valence-corrected chi connectivity index (χ0v) is 17.0. The summed E-state index contributed by atoms with van der Waals surface area (Å²) in [5.74, 6) is 0.264. The Balaban J connectivity index is 2.09. The van der Waals surface area contributed by atoms with Crippen LogP contribution in [0.1, 0.15) is 32.3 Å². The second-order valence-electron chi connectivity index (χ2n) is 6.82. The summed E-state index contributed by atoms with van der Waals surface area (Å²) in [5.41, 5.74) is 1.06. The fourth-order valence-electron chi connectivity index (χ4n) is 3.02. The number of rotatable bonds is 8. The lowest BCUT2D eigenvalue weighted by molar-refractivity contribution is 0.0792. The zero-order chi connectivity index (χ0) is 18.6. The molecule has 3 atom stereocenters. The molecule has 6 nitrogen and oxygen atoms in total. The molecule has 1 heterocycles. The smallest absolute Gasteiger partial charge is 0.407 e. The summed E-state index contributed by atoms with van der Waals surface area (Å²) in [4.78, 5) is 11.7. The Morgan fingerprint density at radius 3 is 2.68 bits per heavy atom. The lowest BCUT2D eigenvalue weighted by Gasteiger charge is -2.23. The Hall–Kier alpha value is -1.12. The van der Waals surface area contributed by atoms with Crippen molar-refractivity contribution in [2.24, 2.45) is 5.92 Å². The molecular formula is C17H24BrNO5S. The predicted molar refractivity (Wildman–Crippen MR) is 98.8 cm³/mol. The van der Waals surface area contributed by atoms with Crippen molar-refractivity contribution >= 4 is 32.1 Å². The number of halogens is 1. The Kier molecular flexibility index (Phi) is 6.87. The van der Waals surface area contributed by atoms with E-state index in [1.54, 1.807) is 0 Å². The maximum atomic E-state index is 11.7. The van der Waals surface area contributed by atoms with Crippen molar-refractivity contribution in [2.75, 3.05) is 6.26 Å². The summed E-state index contributed by atoms with van der Waals surface area (Å²) in [5, 5.41) is 2.81. The molecule has 1 fully saturated rings. The fraction of sp³-hybridized carbons (Fsp3) is 0.588. The number of hydrogen-bond acceptors (Lipinski definition) is 5. The molecule has 0 unspecified atom stereocenters. The van der Waals surface area contributed by atoms with Crippen LogP contribution in [-0.4, -0.2) is 39.0 Å². The van der Waals surface area contributed by atoms with Crippen LogP contribution < -0.4 is 5.32 Å². The van der Waals surface area contributed by atoms with Crippen LogP contribution in [0, 0.1) is 5.92 Å². The van der Waals surface area contributed by atoms with Gasteiger partial charge in [-0.15, -0.1) is 0 Å². The van der Waals surface area contributed by atoms with Gasteiger partial charge >= 0.3 is 6.09 Å². The number of carbonyl (C=O) groups is 1. The summed E-state index contributed by atoms with van der Waals surface area (Å²) in [6.07, 6.45) is 1.12. The number of ether oxygens (including phenoxy) is 1. The van der Waals surface area contributed by atoms with Gasteiger partial charge in [0, 0.05) is 10.9 Å². The van der Waals surface area contributed by atoms with E-state index < -0.39 is 28.4 Å². The molecule has 1 aromatic carbocycles. The van der Waals surface area contributed by atoms with Crippen molar-refractivity contribution in [1.82, 2.24) is 5.32 Å². The number of alkyl carbamates (subject to hydrolysis) is 1. The van der Waals surface area contributed by atoms with Crippen LogP contribution in [0.3, 0.4) is 0 Å². The van der Waals surface area contributed by atoms with Crippen molar-refractivity contribution in [3.63, 3.8) is 0 Å². The third-order valence-electron chi connectivity index (χ3n) is 3.90. The van der Waals surface area contributed by atoms with Gasteiger partial charge in [-0.25, -0.2) is 4.79 Å². The molecule has 1 N–H and O–H groups in total. The summed E-state index contributed by atoms with van der Waals surface area (Å²) in [6.45, 7) is 3.99. The third kappa shape index (κ3) is 6.95. The van der Waals surface area contributed by atoms with Crippen molar-refractivity contribution < 1.29 is 22.1 Å². The molecule has 1 aromatic rings. The van der Waals surface area contributed by atoms with Gasteiger partial charge in [0.1, 0.15) is 6.10 Å². The molecule has 1 aliphatic rings. The molecule has 0 bridgehead atoms. The highest BCUT2D eigenvalue weighted by atomic mass is 79.9. The SMILES string of the molecule is CC(C)C[C@H](C[C@H]1OC(=O)N[C@H]1Cc1cccc(Br)c1)OS(C)(=O)=O. The summed E-state index contributed by atoms with van der Waals surface area (Å²) in [7, 11) is -3.57. The van der Waals surface area contributed by atoms with Gasteiger partial charge in [0.05, 0.1) is 18.4 Å². The van der Waals surface area contributed by atoms with Gasteiger partial charge in [-0.05, 0) is 36.5 Å². The molecule has 2 rings (SSSR count). The van der Waals surface area contributed by atoms with Gasteiger partial charge in [0.25, 0.3) is 10.1 Å². The quantitative estimate of drug-likeness (QED) is 0.636. The van der Waals surface area contributed by atoms with E-state index in [9.17, 15) is 13.2 Å². The number of hydrogen-bond donors (Lipinski definition) is 1. The van der Waals surface area contributed by atoms with E-state index in [-0.39, 0.29) is 12.0 Å². The number of benzene rings is 1. The number of nitrogens with one attached hydrogen (secondary N) is 1. The molecule has 0 radical (unpaired) electrons. The summed E-state index contributed by atoms with van der Waals surface area (Å²) in [6, 6.07) is 7.61. The molecule has 0 spiro atoms. The number of carbonyl (C=O) groups excluding carboxylic acids is 1. The third-order valence-corrected chi connectivity index (χ3v) is 5.01. The van der Waals surface area contributed by atoms with Crippen molar-refractivity contribution in [3.05, 3.63) is 34.3 Å². The normalized spacial score (nSPS) is 21.9. The van der Waals surface area contributed by atoms with Crippen LogP contribution in [0.4, 0.5) is 4.79 Å². The summed E-state index contributed by atoms with van der Waals surface area (Å²) < 4.78 is 34.6. The second-order valence-corrected chi connectivity index (χ2v) is 9.33. The Labute approximate surface area is 157 Å². The van der Waals surface area contributed by atoms with Crippen LogP contribution in [0.2, 0.25) is 0 Å². The molecule has 1 aliphatic heterocycles. The first-order chi connectivity index (χ1) is 11.6. The minimum Gasteiger partial charge on any atom is -0.444 e. The first-order valence-corrected chi connectivity index (χ1v) is 10.8. The topological polar surface area (TPSA) is 81.7 Å². The molecule has 25 heavy (non-hydrogen) atoms. The minimum absolute atomic E-state index is 0.223. The highest BCUT2D eigenvalue weighted by Gasteiger charge is 2.36. The van der Waals surface area contributed by atoms with E-state index in [0.717, 1.165) is 16.3 Å². The lowest BCUT2D eigenvalue weighted by atomic mass is 9.95. The van der Waals surface area contributed by atoms with Crippen LogP contribution in [0.25, 0.3) is 0 Å². The fourth-order valence-corrected chi connectivity index (χ4v) is 4.12. The van der Waals surface area contributed by atoms with Gasteiger partial charge in [0.2, 0.25) is 0 Å². The van der Waals surface area contributed by atoms with Gasteiger partial charge in [-0.1, -0.05) is 41.9 Å². The van der Waals surface area contributed by atoms with Crippen molar-refractivity contribution in [3.8, 4) is 0 Å². The van der Waals surface area contributed by atoms with Gasteiger partial charge in [-0.2, -0.15) is 8.42 Å². The largest absolute Gasteiger partial charge is 0.444 e. The van der Waals surface area contributed by atoms with Gasteiger partial charge < -0.3 is 10.1 Å². The zero-order valence-electron chi connectivity index (χ0n) is 14.6. The Bertz CT molecular complexity index is 707. The molecule has 8 heteroatoms. The molecule has 1 saturated heterocycles. The van der Waals surface area contributed by atoms with E-state index in [2.05, 4.69) is 21.2 Å². The number of cyclic esters (lactones) is 1. The monoisotopic (exact) mass is 433 g/mol. The first-order valence-electron chi connectivity index (χ1n) is 8.22. The standard InChI is InChI=1S/C17H24BrNO5S/c1-11(2)7-14(24-25(3,21)22)10-16-15(19-17(20)23-16)9-12-5-4-6-13(18)8-12/h4-6,8,11,14-16H,7,9-10H2,1-3H3,(H,19,20)/t14-,15+,16-/m1/s1. The second kappa shape index (κ2) is 8.51. The molecule has 0 aliphatic carbocycles. The predicted octanol–water partition coefficient (Wildman–Crippen LogP) is 3.25. The molecule has 0 aromatic heterocycles. The van der Waals surface area contributed by atoms with Gasteiger partial charge in [-0.3, -0.25) is 4.18 Å². The Morgan fingerprint density at radius 2 is 2.08 bits per heavy atom. The van der Waals surface area contributed by atoms with E-state index in [4.69, 9.17) is 8.92 Å². The van der Waals surface area contributed by atoms with E-state index in [0.29, 0.717) is 19.3 Å². The van der Waals surface area contributed by atoms with Crippen LogP contribution in [0.5, 0.6) is 0 Å². The Morgan fingerprint density at radius 1 is 1.36 bits per heavy atom.